The molecule has 1 aliphatic carbocycles. The highest BCUT2D eigenvalue weighted by Crippen LogP contribution is 2.36. The van der Waals surface area contributed by atoms with E-state index in [-0.39, 0.29) is 18.0 Å². The van der Waals surface area contributed by atoms with E-state index >= 15 is 0 Å². The summed E-state index contributed by atoms with van der Waals surface area (Å²) in [6.07, 6.45) is 4.82. The van der Waals surface area contributed by atoms with Gasteiger partial charge in [0.1, 0.15) is 5.82 Å². The first-order chi connectivity index (χ1) is 8.98. The van der Waals surface area contributed by atoms with E-state index in [0.29, 0.717) is 17.6 Å². The molecule has 0 radical (unpaired) electrons. The topological polar surface area (TPSA) is 35.2 Å². The average Bonchev–Trinajstić information content (AvgIpc) is 2.38. The number of halogens is 1. The molecule has 106 valence electrons. The van der Waals surface area contributed by atoms with Crippen LogP contribution >= 0.6 is 0 Å². The maximum absolute atomic E-state index is 13.6. The molecule has 1 aliphatic rings. The lowest BCUT2D eigenvalue weighted by Crippen LogP contribution is -2.29. The molecule has 3 heteroatoms. The van der Waals surface area contributed by atoms with Crippen LogP contribution in [0, 0.1) is 11.2 Å². The molecule has 0 heterocycles. The molecule has 1 unspecified atom stereocenters. The monoisotopic (exact) mass is 265 g/mol. The lowest BCUT2D eigenvalue weighted by atomic mass is 9.76. The van der Waals surface area contributed by atoms with E-state index in [1.165, 1.54) is 18.9 Å². The van der Waals surface area contributed by atoms with Crippen molar-refractivity contribution >= 4 is 0 Å². The third-order valence-electron chi connectivity index (χ3n) is 4.10. The summed E-state index contributed by atoms with van der Waals surface area (Å²) >= 11 is 0. The Morgan fingerprint density at radius 3 is 2.58 bits per heavy atom. The van der Waals surface area contributed by atoms with Crippen LogP contribution in [0.2, 0.25) is 0 Å². The molecule has 0 saturated heterocycles. The molecular weight excluding hydrogens is 241 g/mol. The number of hydrogen-bond donors (Lipinski definition) is 1. The molecule has 2 rings (SSSR count). The number of nitrogens with two attached hydrogens (primary N) is 1. The van der Waals surface area contributed by atoms with Gasteiger partial charge in [0.15, 0.2) is 0 Å². The zero-order valence-corrected chi connectivity index (χ0v) is 11.9. The summed E-state index contributed by atoms with van der Waals surface area (Å²) in [4.78, 5) is 0. The van der Waals surface area contributed by atoms with Gasteiger partial charge in [-0.3, -0.25) is 0 Å². The zero-order valence-electron chi connectivity index (χ0n) is 11.9. The van der Waals surface area contributed by atoms with Gasteiger partial charge in [0.05, 0.1) is 18.8 Å². The van der Waals surface area contributed by atoms with E-state index < -0.39 is 0 Å². The fourth-order valence-electron chi connectivity index (χ4n) is 2.64. The van der Waals surface area contributed by atoms with Crippen LogP contribution in [0.3, 0.4) is 0 Å². The maximum Gasteiger partial charge on any atom is 0.128 e. The van der Waals surface area contributed by atoms with Crippen LogP contribution in [0.25, 0.3) is 0 Å². The summed E-state index contributed by atoms with van der Waals surface area (Å²) in [5.74, 6) is -0.247. The predicted molar refractivity (Wildman–Crippen MR) is 75.3 cm³/mol. The number of rotatable bonds is 4. The van der Waals surface area contributed by atoms with E-state index in [1.807, 2.05) is 0 Å². The van der Waals surface area contributed by atoms with Crippen LogP contribution in [0.1, 0.15) is 51.1 Å². The molecule has 0 aromatic heterocycles. The summed E-state index contributed by atoms with van der Waals surface area (Å²) in [7, 11) is 0. The van der Waals surface area contributed by atoms with Crippen molar-refractivity contribution in [2.24, 2.45) is 11.1 Å². The van der Waals surface area contributed by atoms with Crippen LogP contribution in [0.4, 0.5) is 4.39 Å². The highest BCUT2D eigenvalue weighted by Gasteiger charge is 2.27. The van der Waals surface area contributed by atoms with Gasteiger partial charge in [-0.2, -0.15) is 0 Å². The summed E-state index contributed by atoms with van der Waals surface area (Å²) in [5, 5.41) is 0. The Morgan fingerprint density at radius 2 is 1.95 bits per heavy atom. The molecule has 1 aromatic rings. The average molecular weight is 265 g/mol. The summed E-state index contributed by atoms with van der Waals surface area (Å²) in [6, 6.07) is 6.28. The third kappa shape index (κ3) is 4.02. The van der Waals surface area contributed by atoms with Gasteiger partial charge in [0, 0.05) is 5.56 Å². The van der Waals surface area contributed by atoms with Gasteiger partial charge in [-0.05, 0) is 37.2 Å². The minimum absolute atomic E-state index is 0.247. The number of ether oxygens (including phenoxy) is 1. The fourth-order valence-corrected chi connectivity index (χ4v) is 2.64. The lowest BCUT2D eigenvalue weighted by molar-refractivity contribution is -0.00214. The fraction of sp³-hybridized carbons (Fsp3) is 0.625. The minimum atomic E-state index is -0.379. The molecule has 1 fully saturated rings. The number of benzene rings is 1. The van der Waals surface area contributed by atoms with Gasteiger partial charge in [0.2, 0.25) is 0 Å². The predicted octanol–water partition coefficient (Wildman–Crippen LogP) is 3.81. The van der Waals surface area contributed by atoms with Crippen molar-refractivity contribution in [3.8, 4) is 0 Å². The van der Waals surface area contributed by atoms with Crippen molar-refractivity contribution in [3.05, 3.63) is 35.6 Å². The standard InChI is InChI=1S/C16H24FNO/c1-16(2)9-7-12(8-10-16)19-11-15(18)13-5-3-4-6-14(13)17/h3-6,12,15H,7-11,18H2,1-2H3. The molecule has 0 amide bonds. The van der Waals surface area contributed by atoms with E-state index in [9.17, 15) is 4.39 Å². The third-order valence-corrected chi connectivity index (χ3v) is 4.10. The first kappa shape index (κ1) is 14.5. The van der Waals surface area contributed by atoms with Gasteiger partial charge in [-0.25, -0.2) is 4.39 Å². The Balaban J connectivity index is 1.82. The first-order valence-corrected chi connectivity index (χ1v) is 7.09. The summed E-state index contributed by atoms with van der Waals surface area (Å²) in [5.41, 5.74) is 6.98. The van der Waals surface area contributed by atoms with Crippen LogP contribution in [-0.4, -0.2) is 12.7 Å². The van der Waals surface area contributed by atoms with Crippen LogP contribution in [0.5, 0.6) is 0 Å². The van der Waals surface area contributed by atoms with Crippen LogP contribution in [0.15, 0.2) is 24.3 Å². The first-order valence-electron chi connectivity index (χ1n) is 7.09. The second kappa shape index (κ2) is 6.02. The molecule has 2 N–H and O–H groups in total. The van der Waals surface area contributed by atoms with Gasteiger partial charge in [-0.15, -0.1) is 0 Å². The van der Waals surface area contributed by atoms with Crippen molar-refractivity contribution < 1.29 is 9.13 Å². The molecular formula is C16H24FNO. The highest BCUT2D eigenvalue weighted by molar-refractivity contribution is 5.20. The zero-order chi connectivity index (χ0) is 13.9. The van der Waals surface area contributed by atoms with E-state index in [0.717, 1.165) is 12.8 Å². The van der Waals surface area contributed by atoms with Crippen molar-refractivity contribution in [2.75, 3.05) is 6.61 Å². The molecule has 19 heavy (non-hydrogen) atoms. The van der Waals surface area contributed by atoms with E-state index in [1.54, 1.807) is 18.2 Å². The normalized spacial score (nSPS) is 21.3. The second-order valence-electron chi connectivity index (χ2n) is 6.32. The summed E-state index contributed by atoms with van der Waals surface area (Å²) in [6.45, 7) is 4.99. The Bertz CT molecular complexity index is 409. The van der Waals surface area contributed by atoms with E-state index in [2.05, 4.69) is 13.8 Å². The van der Waals surface area contributed by atoms with Gasteiger partial charge in [-0.1, -0.05) is 32.0 Å². The van der Waals surface area contributed by atoms with Crippen molar-refractivity contribution in [1.82, 2.24) is 0 Å². The van der Waals surface area contributed by atoms with E-state index in [4.69, 9.17) is 10.5 Å². The van der Waals surface area contributed by atoms with Crippen LogP contribution in [-0.2, 0) is 4.74 Å². The van der Waals surface area contributed by atoms with Crippen molar-refractivity contribution in [3.63, 3.8) is 0 Å². The molecule has 0 spiro atoms. The van der Waals surface area contributed by atoms with Gasteiger partial charge < -0.3 is 10.5 Å². The smallest absolute Gasteiger partial charge is 0.128 e. The van der Waals surface area contributed by atoms with Crippen LogP contribution < -0.4 is 5.73 Å². The Morgan fingerprint density at radius 1 is 1.32 bits per heavy atom. The molecule has 1 aromatic carbocycles. The Kier molecular flexibility index (Phi) is 4.58. The summed E-state index contributed by atoms with van der Waals surface area (Å²) < 4.78 is 19.4. The molecule has 0 aliphatic heterocycles. The van der Waals surface area contributed by atoms with Gasteiger partial charge >= 0.3 is 0 Å². The maximum atomic E-state index is 13.6. The second-order valence-corrected chi connectivity index (χ2v) is 6.32. The highest BCUT2D eigenvalue weighted by atomic mass is 19.1. The number of hydrogen-bond acceptors (Lipinski definition) is 2. The Hall–Kier alpha value is -0.930. The molecule has 0 bridgehead atoms. The van der Waals surface area contributed by atoms with Gasteiger partial charge in [0.25, 0.3) is 0 Å². The minimum Gasteiger partial charge on any atom is -0.376 e. The molecule has 1 saturated carbocycles. The quantitative estimate of drug-likeness (QED) is 0.898. The molecule has 1 atom stereocenters. The van der Waals surface area contributed by atoms with Crippen molar-refractivity contribution in [2.45, 2.75) is 51.7 Å². The molecule has 2 nitrogen and oxygen atoms in total. The SMILES string of the molecule is CC1(C)CCC(OCC(N)c2ccccc2F)CC1. The lowest BCUT2D eigenvalue weighted by Gasteiger charge is -2.34. The van der Waals surface area contributed by atoms with Crippen molar-refractivity contribution in [1.29, 1.82) is 0 Å². The largest absolute Gasteiger partial charge is 0.376 e. The Labute approximate surface area is 115 Å².